The second-order valence-corrected chi connectivity index (χ2v) is 8.06. The Balaban J connectivity index is 1.64. The number of hydrogen-bond acceptors (Lipinski definition) is 5. The maximum atomic E-state index is 12.7. The molecule has 7 nitrogen and oxygen atoms in total. The average Bonchev–Trinajstić information content (AvgIpc) is 2.79. The van der Waals surface area contributed by atoms with Crippen molar-refractivity contribution in [2.75, 3.05) is 13.2 Å². The molecule has 174 valence electrons. The molecule has 1 aromatic heterocycles. The molecule has 3 aromatic rings. The number of nitrogens with one attached hydrogen (secondary N) is 1. The molecule has 0 saturated carbocycles. The molecule has 0 atom stereocenters. The van der Waals surface area contributed by atoms with E-state index in [2.05, 4.69) is 5.32 Å². The minimum atomic E-state index is -0.809. The number of amides is 1. The van der Waals surface area contributed by atoms with Gasteiger partial charge in [0.25, 0.3) is 5.91 Å². The van der Waals surface area contributed by atoms with Crippen LogP contribution in [0.4, 0.5) is 0 Å². The summed E-state index contributed by atoms with van der Waals surface area (Å²) in [5.74, 6) is -0.585. The average molecular weight is 452 g/mol. The van der Waals surface area contributed by atoms with E-state index >= 15 is 0 Å². The molecule has 0 fully saturated rings. The van der Waals surface area contributed by atoms with Gasteiger partial charge in [0.2, 0.25) is 0 Å². The summed E-state index contributed by atoms with van der Waals surface area (Å²) in [5, 5.41) is 12.2. The van der Waals surface area contributed by atoms with Crippen molar-refractivity contribution in [2.45, 2.75) is 46.0 Å². The fraction of sp³-hybridized carbons (Fsp3) is 0.346. The lowest BCUT2D eigenvalue weighted by Crippen LogP contribution is -2.29. The van der Waals surface area contributed by atoms with Gasteiger partial charge in [-0.25, -0.2) is 4.79 Å². The third-order valence-electron chi connectivity index (χ3n) is 5.63. The Labute approximate surface area is 192 Å². The Kier molecular flexibility index (Phi) is 8.24. The lowest BCUT2D eigenvalue weighted by Gasteiger charge is -2.13. The fourth-order valence-corrected chi connectivity index (χ4v) is 3.73. The van der Waals surface area contributed by atoms with E-state index in [1.165, 1.54) is 0 Å². The zero-order chi connectivity index (χ0) is 23.8. The largest absolute Gasteiger partial charge is 0.483 e. The van der Waals surface area contributed by atoms with Crippen LogP contribution in [0.25, 0.3) is 11.0 Å². The van der Waals surface area contributed by atoms with E-state index in [9.17, 15) is 14.4 Å². The number of carbonyl (C=O) groups is 2. The zero-order valence-corrected chi connectivity index (χ0v) is 19.0. The Morgan fingerprint density at radius 3 is 2.48 bits per heavy atom. The van der Waals surface area contributed by atoms with Gasteiger partial charge < -0.3 is 19.6 Å². The first-order valence-corrected chi connectivity index (χ1v) is 11.1. The molecule has 0 unspecified atom stereocenters. The molecule has 1 heterocycles. The highest BCUT2D eigenvalue weighted by atomic mass is 16.5. The van der Waals surface area contributed by atoms with Crippen molar-refractivity contribution < 1.29 is 23.8 Å². The molecule has 2 N–H and O–H groups in total. The third kappa shape index (κ3) is 6.44. The summed E-state index contributed by atoms with van der Waals surface area (Å²) >= 11 is 0. The van der Waals surface area contributed by atoms with Gasteiger partial charge in [-0.05, 0) is 49.9 Å². The summed E-state index contributed by atoms with van der Waals surface area (Å²) in [7, 11) is 0. The normalized spacial score (nSPS) is 10.8. The first-order valence-electron chi connectivity index (χ1n) is 11.1. The van der Waals surface area contributed by atoms with Crippen LogP contribution in [0.5, 0.6) is 5.75 Å². The molecular formula is C26H29NO6. The quantitative estimate of drug-likeness (QED) is 0.335. The standard InChI is InChI=1S/C26H29NO6/c1-17-20-12-13-22(32-16-23(28)27-14-8-4-7-11-24(29)30)18(2)25(20)33-26(31)21(17)15-19-9-5-3-6-10-19/h3,5-6,9-10,12-13H,4,7-8,11,14-16H2,1-2H3,(H,27,28)(H,29,30). The summed E-state index contributed by atoms with van der Waals surface area (Å²) in [6.07, 6.45) is 2.68. The molecule has 0 spiro atoms. The Bertz CT molecular complexity index is 1180. The summed E-state index contributed by atoms with van der Waals surface area (Å²) in [6.45, 7) is 4.03. The maximum Gasteiger partial charge on any atom is 0.340 e. The number of carbonyl (C=O) groups excluding carboxylic acids is 1. The number of aliphatic carboxylic acids is 1. The lowest BCUT2D eigenvalue weighted by atomic mass is 9.98. The SMILES string of the molecule is Cc1c(Cc2ccccc2)c(=O)oc2c(C)c(OCC(=O)NCCCCCC(=O)O)ccc12. The molecule has 0 aliphatic carbocycles. The van der Waals surface area contributed by atoms with Gasteiger partial charge in [0.1, 0.15) is 11.3 Å². The first-order chi connectivity index (χ1) is 15.9. The molecule has 2 aromatic carbocycles. The van der Waals surface area contributed by atoms with Crippen LogP contribution in [0, 0.1) is 13.8 Å². The highest BCUT2D eigenvalue weighted by Gasteiger charge is 2.16. The number of hydrogen-bond donors (Lipinski definition) is 2. The van der Waals surface area contributed by atoms with Crippen molar-refractivity contribution in [1.29, 1.82) is 0 Å². The Morgan fingerprint density at radius 2 is 1.76 bits per heavy atom. The number of fused-ring (bicyclic) bond motifs is 1. The van der Waals surface area contributed by atoms with Crippen molar-refractivity contribution in [3.8, 4) is 5.75 Å². The van der Waals surface area contributed by atoms with Crippen molar-refractivity contribution in [1.82, 2.24) is 5.32 Å². The van der Waals surface area contributed by atoms with Gasteiger partial charge in [-0.15, -0.1) is 0 Å². The van der Waals surface area contributed by atoms with Crippen molar-refractivity contribution in [3.05, 3.63) is 75.1 Å². The van der Waals surface area contributed by atoms with Gasteiger partial charge in [0.05, 0.1) is 0 Å². The molecule has 7 heteroatoms. The van der Waals surface area contributed by atoms with E-state index in [-0.39, 0.29) is 24.6 Å². The molecule has 3 rings (SSSR count). The number of unbranched alkanes of at least 4 members (excludes halogenated alkanes) is 2. The van der Waals surface area contributed by atoms with Crippen LogP contribution in [0.3, 0.4) is 0 Å². The van der Waals surface area contributed by atoms with Gasteiger partial charge >= 0.3 is 11.6 Å². The van der Waals surface area contributed by atoms with E-state index < -0.39 is 5.97 Å². The number of benzene rings is 2. The fourth-order valence-electron chi connectivity index (χ4n) is 3.73. The number of ether oxygens (including phenoxy) is 1. The van der Waals surface area contributed by atoms with Crippen LogP contribution in [0.1, 0.15) is 47.9 Å². The molecule has 0 aliphatic heterocycles. The lowest BCUT2D eigenvalue weighted by molar-refractivity contribution is -0.137. The second kappa shape index (κ2) is 11.3. The highest BCUT2D eigenvalue weighted by molar-refractivity contribution is 5.86. The minimum Gasteiger partial charge on any atom is -0.483 e. The summed E-state index contributed by atoms with van der Waals surface area (Å²) in [6, 6.07) is 13.4. The van der Waals surface area contributed by atoms with Crippen LogP contribution in [0.15, 0.2) is 51.7 Å². The second-order valence-electron chi connectivity index (χ2n) is 8.06. The van der Waals surface area contributed by atoms with Gasteiger partial charge in [-0.3, -0.25) is 9.59 Å². The van der Waals surface area contributed by atoms with Crippen molar-refractivity contribution in [2.24, 2.45) is 0 Å². The van der Waals surface area contributed by atoms with Crippen LogP contribution >= 0.6 is 0 Å². The summed E-state index contributed by atoms with van der Waals surface area (Å²) in [5.41, 5.74) is 3.30. The molecule has 0 bridgehead atoms. The Morgan fingerprint density at radius 1 is 1.00 bits per heavy atom. The first kappa shape index (κ1) is 24.0. The van der Waals surface area contributed by atoms with E-state index in [1.54, 1.807) is 13.0 Å². The number of carboxylic acids is 1. The maximum absolute atomic E-state index is 12.7. The highest BCUT2D eigenvalue weighted by Crippen LogP contribution is 2.30. The van der Waals surface area contributed by atoms with Gasteiger partial charge in [0.15, 0.2) is 6.61 Å². The van der Waals surface area contributed by atoms with Crippen LogP contribution in [0.2, 0.25) is 0 Å². The minimum absolute atomic E-state index is 0.141. The van der Waals surface area contributed by atoms with Crippen LogP contribution < -0.4 is 15.7 Å². The van der Waals surface area contributed by atoms with Gasteiger partial charge in [-0.1, -0.05) is 36.8 Å². The van der Waals surface area contributed by atoms with Gasteiger partial charge in [0, 0.05) is 35.9 Å². The van der Waals surface area contributed by atoms with E-state index in [0.29, 0.717) is 48.3 Å². The van der Waals surface area contributed by atoms with E-state index in [0.717, 1.165) is 22.9 Å². The zero-order valence-electron chi connectivity index (χ0n) is 19.0. The van der Waals surface area contributed by atoms with E-state index in [1.807, 2.05) is 43.3 Å². The predicted molar refractivity (Wildman–Crippen MR) is 126 cm³/mol. The topological polar surface area (TPSA) is 106 Å². The van der Waals surface area contributed by atoms with E-state index in [4.69, 9.17) is 14.3 Å². The molecule has 1 amide bonds. The molecular weight excluding hydrogens is 422 g/mol. The number of carboxylic acid groups (broad SMARTS) is 1. The number of aryl methyl sites for hydroxylation is 2. The summed E-state index contributed by atoms with van der Waals surface area (Å²) in [4.78, 5) is 35.3. The molecule has 33 heavy (non-hydrogen) atoms. The van der Waals surface area contributed by atoms with Crippen LogP contribution in [-0.4, -0.2) is 30.1 Å². The number of rotatable bonds is 11. The third-order valence-corrected chi connectivity index (χ3v) is 5.63. The van der Waals surface area contributed by atoms with Crippen molar-refractivity contribution >= 4 is 22.8 Å². The monoisotopic (exact) mass is 451 g/mol. The molecule has 0 radical (unpaired) electrons. The van der Waals surface area contributed by atoms with Crippen molar-refractivity contribution in [3.63, 3.8) is 0 Å². The van der Waals surface area contributed by atoms with Crippen LogP contribution in [-0.2, 0) is 16.0 Å². The van der Waals surface area contributed by atoms with Gasteiger partial charge in [-0.2, -0.15) is 0 Å². The molecule has 0 aliphatic rings. The molecule has 0 saturated heterocycles. The Hall–Kier alpha value is -3.61. The predicted octanol–water partition coefficient (Wildman–Crippen LogP) is 4.14. The smallest absolute Gasteiger partial charge is 0.340 e. The summed E-state index contributed by atoms with van der Waals surface area (Å²) < 4.78 is 11.3.